The summed E-state index contributed by atoms with van der Waals surface area (Å²) in [5, 5.41) is 8.91. The second-order valence-electron chi connectivity index (χ2n) is 4.64. The maximum atomic E-state index is 14.0. The standard InChI is InChI=1S/C16H15FO2S/c1-10-6-7-11(2)14(8-10)20-9-12-4-3-5-13(15(12)17)16(18)19/h3-8H,9H2,1-2H3,(H,18,19). The van der Waals surface area contributed by atoms with Crippen LogP contribution >= 0.6 is 11.8 Å². The van der Waals surface area contributed by atoms with Crippen LogP contribution in [0.25, 0.3) is 0 Å². The number of aromatic carboxylic acids is 1. The van der Waals surface area contributed by atoms with E-state index < -0.39 is 11.8 Å². The van der Waals surface area contributed by atoms with Gasteiger partial charge in [0.05, 0.1) is 5.56 Å². The molecule has 0 aromatic heterocycles. The molecule has 1 N–H and O–H groups in total. The van der Waals surface area contributed by atoms with Gasteiger partial charge in [-0.05, 0) is 37.1 Å². The molecule has 0 unspecified atom stereocenters. The zero-order valence-electron chi connectivity index (χ0n) is 11.3. The lowest BCUT2D eigenvalue weighted by atomic mass is 10.1. The Balaban J connectivity index is 2.21. The van der Waals surface area contributed by atoms with Crippen LogP contribution in [0.1, 0.15) is 27.0 Å². The van der Waals surface area contributed by atoms with E-state index in [0.717, 1.165) is 16.0 Å². The van der Waals surface area contributed by atoms with Crippen molar-refractivity contribution in [1.82, 2.24) is 0 Å². The Morgan fingerprint density at radius 3 is 2.70 bits per heavy atom. The molecule has 0 aliphatic carbocycles. The Labute approximate surface area is 121 Å². The molecular weight excluding hydrogens is 275 g/mol. The van der Waals surface area contributed by atoms with Crippen molar-refractivity contribution in [2.75, 3.05) is 0 Å². The third-order valence-corrected chi connectivity index (χ3v) is 4.24. The van der Waals surface area contributed by atoms with Gasteiger partial charge in [0.25, 0.3) is 0 Å². The molecule has 0 aliphatic heterocycles. The average molecular weight is 290 g/mol. The minimum absolute atomic E-state index is 0.274. The van der Waals surface area contributed by atoms with E-state index in [1.54, 1.807) is 12.1 Å². The number of hydrogen-bond acceptors (Lipinski definition) is 2. The first kappa shape index (κ1) is 14.6. The number of halogens is 1. The summed E-state index contributed by atoms with van der Waals surface area (Å²) in [7, 11) is 0. The van der Waals surface area contributed by atoms with Crippen molar-refractivity contribution in [1.29, 1.82) is 0 Å². The quantitative estimate of drug-likeness (QED) is 0.846. The van der Waals surface area contributed by atoms with E-state index in [2.05, 4.69) is 6.07 Å². The first-order valence-electron chi connectivity index (χ1n) is 6.20. The van der Waals surface area contributed by atoms with Gasteiger partial charge in [0.1, 0.15) is 5.82 Å². The highest BCUT2D eigenvalue weighted by atomic mass is 32.2. The third kappa shape index (κ3) is 3.20. The van der Waals surface area contributed by atoms with Crippen LogP contribution in [0.2, 0.25) is 0 Å². The SMILES string of the molecule is Cc1ccc(C)c(SCc2cccc(C(=O)O)c2F)c1. The van der Waals surface area contributed by atoms with Gasteiger partial charge in [0.2, 0.25) is 0 Å². The van der Waals surface area contributed by atoms with Gasteiger partial charge in [-0.3, -0.25) is 0 Å². The monoisotopic (exact) mass is 290 g/mol. The normalized spacial score (nSPS) is 10.6. The zero-order chi connectivity index (χ0) is 14.7. The van der Waals surface area contributed by atoms with E-state index in [4.69, 9.17) is 5.11 Å². The summed E-state index contributed by atoms with van der Waals surface area (Å²) in [4.78, 5) is 12.0. The van der Waals surface area contributed by atoms with Crippen LogP contribution in [0.3, 0.4) is 0 Å². The van der Waals surface area contributed by atoms with Crippen molar-refractivity contribution >= 4 is 17.7 Å². The molecule has 2 aromatic carbocycles. The predicted molar refractivity (Wildman–Crippen MR) is 78.8 cm³/mol. The molecule has 0 bridgehead atoms. The highest BCUT2D eigenvalue weighted by Gasteiger charge is 2.14. The maximum Gasteiger partial charge on any atom is 0.338 e. The Morgan fingerprint density at radius 2 is 2.00 bits per heavy atom. The highest BCUT2D eigenvalue weighted by molar-refractivity contribution is 7.98. The number of carboxylic acid groups (broad SMARTS) is 1. The molecule has 0 saturated heterocycles. The number of thioether (sulfide) groups is 1. The molecule has 2 rings (SSSR count). The van der Waals surface area contributed by atoms with E-state index in [-0.39, 0.29) is 5.56 Å². The Morgan fingerprint density at radius 1 is 1.25 bits per heavy atom. The molecular formula is C16H15FO2S. The van der Waals surface area contributed by atoms with Crippen molar-refractivity contribution in [3.05, 3.63) is 64.5 Å². The van der Waals surface area contributed by atoms with Crippen LogP contribution in [-0.2, 0) is 5.75 Å². The highest BCUT2D eigenvalue weighted by Crippen LogP contribution is 2.28. The summed E-state index contributed by atoms with van der Waals surface area (Å²) >= 11 is 1.52. The van der Waals surface area contributed by atoms with Crippen molar-refractivity contribution in [2.24, 2.45) is 0 Å². The van der Waals surface area contributed by atoms with Gasteiger partial charge < -0.3 is 5.11 Å². The van der Waals surface area contributed by atoms with Crippen LogP contribution in [0, 0.1) is 19.7 Å². The van der Waals surface area contributed by atoms with Gasteiger partial charge in [-0.2, -0.15) is 0 Å². The van der Waals surface area contributed by atoms with Gasteiger partial charge in [0, 0.05) is 10.6 Å². The second-order valence-corrected chi connectivity index (χ2v) is 5.66. The van der Waals surface area contributed by atoms with Crippen LogP contribution in [0.15, 0.2) is 41.3 Å². The van der Waals surface area contributed by atoms with Gasteiger partial charge in [0.15, 0.2) is 0 Å². The minimum Gasteiger partial charge on any atom is -0.478 e. The smallest absolute Gasteiger partial charge is 0.338 e. The fraction of sp³-hybridized carbons (Fsp3) is 0.188. The largest absolute Gasteiger partial charge is 0.478 e. The molecule has 0 atom stereocenters. The molecule has 0 amide bonds. The Kier molecular flexibility index (Phi) is 4.45. The second kappa shape index (κ2) is 6.09. The van der Waals surface area contributed by atoms with E-state index in [1.165, 1.54) is 17.8 Å². The number of benzene rings is 2. The minimum atomic E-state index is -1.24. The van der Waals surface area contributed by atoms with Gasteiger partial charge in [-0.1, -0.05) is 29.8 Å². The van der Waals surface area contributed by atoms with Crippen molar-refractivity contribution < 1.29 is 14.3 Å². The molecule has 2 nitrogen and oxygen atoms in total. The topological polar surface area (TPSA) is 37.3 Å². The van der Waals surface area contributed by atoms with Crippen LogP contribution < -0.4 is 0 Å². The lowest BCUT2D eigenvalue weighted by Crippen LogP contribution is -2.03. The summed E-state index contributed by atoms with van der Waals surface area (Å²) in [5.41, 5.74) is 2.42. The molecule has 0 spiro atoms. The zero-order valence-corrected chi connectivity index (χ0v) is 12.1. The molecule has 0 aliphatic rings. The van der Waals surface area contributed by atoms with Gasteiger partial charge in [-0.25, -0.2) is 9.18 Å². The van der Waals surface area contributed by atoms with Crippen molar-refractivity contribution in [2.45, 2.75) is 24.5 Å². The molecule has 0 saturated carbocycles. The Bertz CT molecular complexity index is 653. The van der Waals surface area contributed by atoms with Crippen molar-refractivity contribution in [3.8, 4) is 0 Å². The average Bonchev–Trinajstić information content (AvgIpc) is 2.41. The fourth-order valence-electron chi connectivity index (χ4n) is 1.87. The summed E-state index contributed by atoms with van der Waals surface area (Å²) in [6, 6.07) is 10.6. The van der Waals surface area contributed by atoms with Crippen LogP contribution in [0.5, 0.6) is 0 Å². The first-order chi connectivity index (χ1) is 9.49. The Hall–Kier alpha value is -1.81. The number of carboxylic acids is 1. The van der Waals surface area contributed by atoms with Gasteiger partial charge >= 0.3 is 5.97 Å². The summed E-state index contributed by atoms with van der Waals surface area (Å²) in [6.07, 6.45) is 0. The number of carbonyl (C=O) groups is 1. The number of hydrogen-bond donors (Lipinski definition) is 1. The number of aryl methyl sites for hydroxylation is 2. The van der Waals surface area contributed by atoms with E-state index >= 15 is 0 Å². The van der Waals surface area contributed by atoms with Crippen LogP contribution in [0.4, 0.5) is 4.39 Å². The predicted octanol–water partition coefficient (Wildman–Crippen LogP) is 4.43. The lowest BCUT2D eigenvalue weighted by molar-refractivity contribution is 0.0691. The first-order valence-corrected chi connectivity index (χ1v) is 7.18. The number of rotatable bonds is 4. The van der Waals surface area contributed by atoms with Crippen molar-refractivity contribution in [3.63, 3.8) is 0 Å². The molecule has 2 aromatic rings. The summed E-state index contributed by atoms with van der Waals surface area (Å²) in [5.74, 6) is -1.46. The molecule has 0 radical (unpaired) electrons. The summed E-state index contributed by atoms with van der Waals surface area (Å²) < 4.78 is 14.0. The molecule has 0 heterocycles. The molecule has 20 heavy (non-hydrogen) atoms. The van der Waals surface area contributed by atoms with E-state index in [1.807, 2.05) is 26.0 Å². The van der Waals surface area contributed by atoms with E-state index in [9.17, 15) is 9.18 Å². The van der Waals surface area contributed by atoms with E-state index in [0.29, 0.717) is 11.3 Å². The van der Waals surface area contributed by atoms with Gasteiger partial charge in [-0.15, -0.1) is 11.8 Å². The molecule has 104 valence electrons. The summed E-state index contributed by atoms with van der Waals surface area (Å²) in [6.45, 7) is 4.01. The molecule has 0 fully saturated rings. The van der Waals surface area contributed by atoms with Crippen LogP contribution in [-0.4, -0.2) is 11.1 Å². The molecule has 4 heteroatoms. The maximum absolute atomic E-state index is 14.0. The third-order valence-electron chi connectivity index (χ3n) is 3.04. The fourth-order valence-corrected chi connectivity index (χ4v) is 2.97. The lowest BCUT2D eigenvalue weighted by Gasteiger charge is -2.08.